The van der Waals surface area contributed by atoms with Gasteiger partial charge in [-0.25, -0.2) is 17.8 Å². The van der Waals surface area contributed by atoms with Crippen LogP contribution in [-0.2, 0) is 19.4 Å². The van der Waals surface area contributed by atoms with Gasteiger partial charge in [-0.15, -0.1) is 0 Å². The normalized spacial score (nSPS) is 21.1. The van der Waals surface area contributed by atoms with Crippen molar-refractivity contribution in [3.05, 3.63) is 48.5 Å². The van der Waals surface area contributed by atoms with Crippen molar-refractivity contribution in [1.29, 1.82) is 0 Å². The number of hydrazone groups is 1. The van der Waals surface area contributed by atoms with Gasteiger partial charge in [0.25, 0.3) is 5.91 Å². The number of aromatic nitrogens is 1. The SMILES string of the molecule is O=C(Nc1cc(-n2cccc2)ccc1F)C1=NN(C2CCS(=O)(=O)C2)C(=O)CC1. The number of anilines is 1. The molecule has 1 saturated heterocycles. The van der Waals surface area contributed by atoms with E-state index in [1.165, 1.54) is 12.1 Å². The molecule has 0 bridgehead atoms. The number of carbonyl (C=O) groups excluding carboxylic acids is 2. The summed E-state index contributed by atoms with van der Waals surface area (Å²) in [7, 11) is -3.20. The third-order valence-corrected chi connectivity index (χ3v) is 6.73. The van der Waals surface area contributed by atoms with E-state index in [2.05, 4.69) is 10.4 Å². The minimum Gasteiger partial charge on any atom is -0.324 e. The highest BCUT2D eigenvalue weighted by Gasteiger charge is 2.37. The Hall–Kier alpha value is -3.01. The molecule has 2 aliphatic rings. The lowest BCUT2D eigenvalue weighted by Crippen LogP contribution is -2.42. The number of halogens is 1. The molecule has 1 unspecified atom stereocenters. The van der Waals surface area contributed by atoms with E-state index in [9.17, 15) is 22.4 Å². The fraction of sp³-hybridized carbons (Fsp3) is 0.316. The smallest absolute Gasteiger partial charge is 0.271 e. The van der Waals surface area contributed by atoms with Crippen molar-refractivity contribution in [3.8, 4) is 5.69 Å². The highest BCUT2D eigenvalue weighted by Crippen LogP contribution is 2.23. The third-order valence-electron chi connectivity index (χ3n) is 4.98. The molecule has 152 valence electrons. The molecule has 0 radical (unpaired) electrons. The van der Waals surface area contributed by atoms with Crippen molar-refractivity contribution in [3.63, 3.8) is 0 Å². The van der Waals surface area contributed by atoms with E-state index >= 15 is 0 Å². The minimum absolute atomic E-state index is 0.00389. The Morgan fingerprint density at radius 2 is 1.97 bits per heavy atom. The van der Waals surface area contributed by atoms with Gasteiger partial charge in [-0.1, -0.05) is 0 Å². The lowest BCUT2D eigenvalue weighted by Gasteiger charge is -2.27. The number of nitrogens with zero attached hydrogens (tertiary/aromatic N) is 3. The summed E-state index contributed by atoms with van der Waals surface area (Å²) in [5.74, 6) is -1.70. The van der Waals surface area contributed by atoms with Crippen LogP contribution >= 0.6 is 0 Å². The van der Waals surface area contributed by atoms with Crippen molar-refractivity contribution < 1.29 is 22.4 Å². The topological polar surface area (TPSA) is 101 Å². The van der Waals surface area contributed by atoms with Gasteiger partial charge in [0.1, 0.15) is 11.5 Å². The maximum atomic E-state index is 14.2. The molecule has 2 aliphatic heterocycles. The second-order valence-electron chi connectivity index (χ2n) is 7.05. The van der Waals surface area contributed by atoms with Gasteiger partial charge >= 0.3 is 0 Å². The van der Waals surface area contributed by atoms with Crippen molar-refractivity contribution >= 4 is 33.1 Å². The Morgan fingerprint density at radius 3 is 2.66 bits per heavy atom. The minimum atomic E-state index is -3.20. The molecule has 29 heavy (non-hydrogen) atoms. The zero-order chi connectivity index (χ0) is 20.6. The van der Waals surface area contributed by atoms with E-state index in [0.717, 1.165) is 5.01 Å². The molecule has 2 amide bonds. The molecule has 1 atom stereocenters. The lowest BCUT2D eigenvalue weighted by molar-refractivity contribution is -0.133. The first-order chi connectivity index (χ1) is 13.8. The second-order valence-corrected chi connectivity index (χ2v) is 9.28. The molecular weight excluding hydrogens is 399 g/mol. The molecule has 0 aliphatic carbocycles. The predicted octanol–water partition coefficient (Wildman–Crippen LogP) is 1.72. The van der Waals surface area contributed by atoms with Crippen LogP contribution < -0.4 is 5.32 Å². The van der Waals surface area contributed by atoms with Crippen LogP contribution in [0.5, 0.6) is 0 Å². The van der Waals surface area contributed by atoms with E-state index in [-0.39, 0.29) is 41.7 Å². The van der Waals surface area contributed by atoms with Crippen LogP contribution in [0.25, 0.3) is 5.69 Å². The average Bonchev–Trinajstić information content (AvgIpc) is 3.33. The fourth-order valence-electron chi connectivity index (χ4n) is 3.46. The number of sulfone groups is 1. The molecule has 4 rings (SSSR count). The number of hydrogen-bond acceptors (Lipinski definition) is 5. The zero-order valence-corrected chi connectivity index (χ0v) is 16.2. The highest BCUT2D eigenvalue weighted by atomic mass is 32.2. The van der Waals surface area contributed by atoms with Gasteiger partial charge in [-0.05, 0) is 36.8 Å². The molecule has 0 saturated carbocycles. The quantitative estimate of drug-likeness (QED) is 0.817. The molecular formula is C19H19FN4O4S. The summed E-state index contributed by atoms with van der Waals surface area (Å²) in [5.41, 5.74) is 0.737. The predicted molar refractivity (Wildman–Crippen MR) is 105 cm³/mol. The number of benzene rings is 1. The molecule has 0 spiro atoms. The Kier molecular flexibility index (Phi) is 4.95. The number of amides is 2. The first-order valence-electron chi connectivity index (χ1n) is 9.16. The Morgan fingerprint density at radius 1 is 1.21 bits per heavy atom. The maximum absolute atomic E-state index is 14.2. The summed E-state index contributed by atoms with van der Waals surface area (Å²) in [4.78, 5) is 24.8. The Balaban J connectivity index is 1.54. The fourth-order valence-corrected chi connectivity index (χ4v) is 5.15. The van der Waals surface area contributed by atoms with Crippen molar-refractivity contribution in [1.82, 2.24) is 9.58 Å². The number of rotatable bonds is 4. The molecule has 8 nitrogen and oxygen atoms in total. The Bertz CT molecular complexity index is 1100. The van der Waals surface area contributed by atoms with Crippen LogP contribution in [0.4, 0.5) is 10.1 Å². The van der Waals surface area contributed by atoms with E-state index in [4.69, 9.17) is 0 Å². The average molecular weight is 418 g/mol. The van der Waals surface area contributed by atoms with Crippen LogP contribution in [0.1, 0.15) is 19.3 Å². The standard InChI is InChI=1S/C19H19FN4O4S/c20-15-4-3-13(23-8-1-2-9-23)11-17(15)21-19(26)16-5-6-18(25)24(22-16)14-7-10-29(27,28)12-14/h1-4,8-9,11,14H,5-7,10,12H2,(H,21,26). The first kappa shape index (κ1) is 19.3. The van der Waals surface area contributed by atoms with Gasteiger partial charge in [0, 0.05) is 30.9 Å². The summed E-state index contributed by atoms with van der Waals surface area (Å²) >= 11 is 0. The van der Waals surface area contributed by atoms with Gasteiger partial charge in [0.15, 0.2) is 9.84 Å². The van der Waals surface area contributed by atoms with E-state index < -0.39 is 27.6 Å². The summed E-state index contributed by atoms with van der Waals surface area (Å²) in [6.07, 6.45) is 4.04. The van der Waals surface area contributed by atoms with E-state index in [0.29, 0.717) is 12.1 Å². The largest absolute Gasteiger partial charge is 0.324 e. The van der Waals surface area contributed by atoms with Gasteiger partial charge in [-0.2, -0.15) is 5.10 Å². The third kappa shape index (κ3) is 4.07. The molecule has 1 aromatic carbocycles. The van der Waals surface area contributed by atoms with E-state index in [1.807, 2.05) is 12.1 Å². The monoisotopic (exact) mass is 418 g/mol. The first-order valence-corrected chi connectivity index (χ1v) is 11.0. The molecule has 1 fully saturated rings. The molecule has 1 N–H and O–H groups in total. The maximum Gasteiger partial charge on any atom is 0.271 e. The van der Waals surface area contributed by atoms with Crippen molar-refractivity contribution in [2.24, 2.45) is 5.10 Å². The van der Waals surface area contributed by atoms with Gasteiger partial charge in [0.05, 0.1) is 23.2 Å². The van der Waals surface area contributed by atoms with Gasteiger partial charge in [-0.3, -0.25) is 9.59 Å². The van der Waals surface area contributed by atoms with Crippen molar-refractivity contribution in [2.75, 3.05) is 16.8 Å². The number of hydrogen-bond donors (Lipinski definition) is 1. The van der Waals surface area contributed by atoms with Crippen LogP contribution in [0.3, 0.4) is 0 Å². The highest BCUT2D eigenvalue weighted by molar-refractivity contribution is 7.91. The number of carbonyl (C=O) groups is 2. The summed E-state index contributed by atoms with van der Waals surface area (Å²) in [6.45, 7) is 0. The van der Waals surface area contributed by atoms with Crippen molar-refractivity contribution in [2.45, 2.75) is 25.3 Å². The summed E-state index contributed by atoms with van der Waals surface area (Å²) in [6, 6.07) is 7.43. The van der Waals surface area contributed by atoms with Gasteiger partial charge in [0.2, 0.25) is 5.91 Å². The molecule has 1 aromatic heterocycles. The zero-order valence-electron chi connectivity index (χ0n) is 15.4. The molecule has 2 aromatic rings. The van der Waals surface area contributed by atoms with Crippen LogP contribution in [0.2, 0.25) is 0 Å². The number of nitrogens with one attached hydrogen (secondary N) is 1. The molecule has 10 heteroatoms. The van der Waals surface area contributed by atoms with Gasteiger partial charge < -0.3 is 9.88 Å². The van der Waals surface area contributed by atoms with E-state index in [1.54, 1.807) is 23.0 Å². The Labute approximate surface area is 166 Å². The van der Waals surface area contributed by atoms with Crippen LogP contribution in [0, 0.1) is 5.82 Å². The lowest BCUT2D eigenvalue weighted by atomic mass is 10.1. The summed E-state index contributed by atoms with van der Waals surface area (Å²) < 4.78 is 39.4. The summed E-state index contributed by atoms with van der Waals surface area (Å²) in [5, 5.41) is 7.72. The van der Waals surface area contributed by atoms with Crippen LogP contribution in [0.15, 0.2) is 47.8 Å². The second kappa shape index (κ2) is 7.43. The van der Waals surface area contributed by atoms with Crippen LogP contribution in [-0.4, -0.2) is 53.1 Å². The molecule has 3 heterocycles.